The van der Waals surface area contributed by atoms with Crippen LogP contribution in [0.2, 0.25) is 0 Å². The Balaban J connectivity index is 1.98. The molecule has 8 heteroatoms. The van der Waals surface area contributed by atoms with Crippen molar-refractivity contribution in [3.05, 3.63) is 25.3 Å². The number of likely N-dealkylation sites (tertiary alicyclic amines) is 1. The zero-order valence-electron chi connectivity index (χ0n) is 22.5. The Morgan fingerprint density at radius 1 is 1.19 bits per heavy atom. The predicted molar refractivity (Wildman–Crippen MR) is 143 cm³/mol. The van der Waals surface area contributed by atoms with Crippen LogP contribution in [0.3, 0.4) is 0 Å². The minimum absolute atomic E-state index is 0.0639. The summed E-state index contributed by atoms with van der Waals surface area (Å²) in [6, 6.07) is -0.621. The van der Waals surface area contributed by atoms with E-state index in [2.05, 4.69) is 20.1 Å². The van der Waals surface area contributed by atoms with Crippen molar-refractivity contribution in [3.63, 3.8) is 0 Å². The molecule has 0 aromatic carbocycles. The van der Waals surface area contributed by atoms with Crippen LogP contribution in [0.1, 0.15) is 72.6 Å². The number of esters is 1. The van der Waals surface area contributed by atoms with E-state index in [-0.39, 0.29) is 31.0 Å². The van der Waals surface area contributed by atoms with E-state index in [9.17, 15) is 14.4 Å². The Morgan fingerprint density at radius 3 is 2.50 bits per heavy atom. The van der Waals surface area contributed by atoms with Crippen molar-refractivity contribution < 1.29 is 24.2 Å². The van der Waals surface area contributed by atoms with Crippen molar-refractivity contribution >= 4 is 29.5 Å². The SMILES string of the molecule is C=CCCOC(=O)[C@@H]1[C@H]2C(=O)N(CCCCCCO)C(C(=O)N(CC=C)C(C)(C)C)C23CC[C@@]1(C)S3. The summed E-state index contributed by atoms with van der Waals surface area (Å²) in [4.78, 5) is 45.3. The molecule has 2 amide bonds. The van der Waals surface area contributed by atoms with Crippen LogP contribution < -0.4 is 0 Å². The molecule has 3 fully saturated rings. The van der Waals surface area contributed by atoms with Crippen molar-refractivity contribution in [2.45, 2.75) is 93.7 Å². The lowest BCUT2D eigenvalue weighted by molar-refractivity contribution is -0.155. The van der Waals surface area contributed by atoms with E-state index < -0.39 is 32.9 Å². The first-order valence-corrected chi connectivity index (χ1v) is 14.1. The van der Waals surface area contributed by atoms with Gasteiger partial charge in [0.2, 0.25) is 11.8 Å². The van der Waals surface area contributed by atoms with Gasteiger partial charge in [-0.3, -0.25) is 14.4 Å². The molecular formula is C28H44N2O5S. The predicted octanol–water partition coefficient (Wildman–Crippen LogP) is 3.95. The maximum atomic E-state index is 14.3. The minimum Gasteiger partial charge on any atom is -0.465 e. The molecule has 0 aliphatic carbocycles. The number of nitrogens with zero attached hydrogens (tertiary/aromatic N) is 2. The third-order valence-electron chi connectivity index (χ3n) is 8.03. The van der Waals surface area contributed by atoms with Crippen LogP contribution in [-0.2, 0) is 19.1 Å². The van der Waals surface area contributed by atoms with Crippen molar-refractivity contribution in [1.82, 2.24) is 9.80 Å². The molecule has 3 rings (SSSR count). The van der Waals surface area contributed by atoms with Gasteiger partial charge in [-0.05, 0) is 59.8 Å². The third kappa shape index (κ3) is 5.13. The van der Waals surface area contributed by atoms with E-state index in [1.165, 1.54) is 0 Å². The molecule has 0 aromatic heterocycles. The number of thioether (sulfide) groups is 1. The molecule has 0 radical (unpaired) electrons. The van der Waals surface area contributed by atoms with Gasteiger partial charge in [0.15, 0.2) is 0 Å². The number of hydrogen-bond acceptors (Lipinski definition) is 6. The first-order chi connectivity index (χ1) is 17.0. The number of unbranched alkanes of at least 4 members (excludes halogenated alkanes) is 3. The average molecular weight is 521 g/mol. The van der Waals surface area contributed by atoms with Crippen LogP contribution in [0.4, 0.5) is 0 Å². The second kappa shape index (κ2) is 11.3. The number of aliphatic hydroxyl groups excluding tert-OH is 1. The highest BCUT2D eigenvalue weighted by atomic mass is 32.2. The molecule has 3 heterocycles. The molecule has 202 valence electrons. The average Bonchev–Trinajstić information content (AvgIpc) is 3.37. The summed E-state index contributed by atoms with van der Waals surface area (Å²) in [7, 11) is 0. The van der Waals surface area contributed by atoms with Crippen LogP contribution >= 0.6 is 11.8 Å². The van der Waals surface area contributed by atoms with Gasteiger partial charge in [-0.1, -0.05) is 25.0 Å². The lowest BCUT2D eigenvalue weighted by Gasteiger charge is -2.42. The smallest absolute Gasteiger partial charge is 0.311 e. The number of rotatable bonds is 13. The summed E-state index contributed by atoms with van der Waals surface area (Å²) < 4.78 is 4.54. The standard InChI is InChI=1S/C28H44N2O5S/c1-7-9-19-35-25(34)21-20-23(32)29(17-12-10-11-13-18-31)22(28(20)15-14-27(21,6)36-28)24(33)30(16-8-2)26(3,4)5/h7-8,20-22,31H,1-2,9-19H2,3-6H3/t20-,21-,22?,27+,28?/m0/s1. The van der Waals surface area contributed by atoms with Gasteiger partial charge in [0.05, 0.1) is 23.2 Å². The summed E-state index contributed by atoms with van der Waals surface area (Å²) in [5.74, 6) is -1.61. The van der Waals surface area contributed by atoms with Gasteiger partial charge < -0.3 is 19.6 Å². The van der Waals surface area contributed by atoms with Crippen molar-refractivity contribution in [1.29, 1.82) is 0 Å². The van der Waals surface area contributed by atoms with Crippen LogP contribution in [-0.4, -0.2) is 80.1 Å². The lowest BCUT2D eigenvalue weighted by atomic mass is 9.66. The number of carbonyl (C=O) groups excluding carboxylic acids is 3. The topological polar surface area (TPSA) is 87.1 Å². The van der Waals surface area contributed by atoms with E-state index in [1.54, 1.807) is 28.8 Å². The van der Waals surface area contributed by atoms with E-state index in [1.807, 2.05) is 25.7 Å². The fourth-order valence-corrected chi connectivity index (χ4v) is 8.69. The molecule has 36 heavy (non-hydrogen) atoms. The Morgan fingerprint density at radius 2 is 1.89 bits per heavy atom. The van der Waals surface area contributed by atoms with Gasteiger partial charge in [0.1, 0.15) is 6.04 Å². The Hall–Kier alpha value is -1.80. The van der Waals surface area contributed by atoms with Crippen molar-refractivity contribution in [2.24, 2.45) is 11.8 Å². The second-order valence-electron chi connectivity index (χ2n) is 11.6. The molecule has 5 atom stereocenters. The van der Waals surface area contributed by atoms with E-state index in [4.69, 9.17) is 9.84 Å². The van der Waals surface area contributed by atoms with Gasteiger partial charge >= 0.3 is 5.97 Å². The number of aliphatic hydroxyl groups is 1. The summed E-state index contributed by atoms with van der Waals surface area (Å²) in [6.45, 7) is 16.9. The van der Waals surface area contributed by atoms with E-state index >= 15 is 0 Å². The zero-order chi connectivity index (χ0) is 26.7. The van der Waals surface area contributed by atoms with Crippen LogP contribution in [0.15, 0.2) is 25.3 Å². The monoisotopic (exact) mass is 520 g/mol. The molecule has 3 aliphatic heterocycles. The number of fused-ring (bicyclic) bond motifs is 1. The first-order valence-electron chi connectivity index (χ1n) is 13.3. The van der Waals surface area contributed by atoms with Gasteiger partial charge in [-0.2, -0.15) is 0 Å². The molecule has 3 aliphatic rings. The quantitative estimate of drug-likeness (QED) is 0.225. The Kier molecular flexibility index (Phi) is 9.03. The molecule has 3 saturated heterocycles. The first kappa shape index (κ1) is 28.8. The van der Waals surface area contributed by atoms with Crippen LogP contribution in [0.25, 0.3) is 0 Å². The molecule has 7 nitrogen and oxygen atoms in total. The number of carbonyl (C=O) groups is 3. The van der Waals surface area contributed by atoms with Crippen LogP contribution in [0, 0.1) is 11.8 Å². The fourth-order valence-electron chi connectivity index (χ4n) is 6.35. The summed E-state index contributed by atoms with van der Waals surface area (Å²) in [5, 5.41) is 9.11. The van der Waals surface area contributed by atoms with Gasteiger partial charge in [-0.15, -0.1) is 24.9 Å². The molecule has 1 N–H and O–H groups in total. The Bertz CT molecular complexity index is 870. The van der Waals surface area contributed by atoms with Crippen LogP contribution in [0.5, 0.6) is 0 Å². The van der Waals surface area contributed by atoms with E-state index in [0.29, 0.717) is 19.5 Å². The summed E-state index contributed by atoms with van der Waals surface area (Å²) >= 11 is 1.68. The van der Waals surface area contributed by atoms with Gasteiger partial charge in [0, 0.05) is 30.0 Å². The zero-order valence-corrected chi connectivity index (χ0v) is 23.3. The van der Waals surface area contributed by atoms with Gasteiger partial charge in [-0.25, -0.2) is 0 Å². The summed E-state index contributed by atoms with van der Waals surface area (Å²) in [5.41, 5.74) is -0.440. The molecule has 0 aromatic rings. The largest absolute Gasteiger partial charge is 0.465 e. The molecule has 2 bridgehead atoms. The highest BCUT2D eigenvalue weighted by Crippen LogP contribution is 2.71. The summed E-state index contributed by atoms with van der Waals surface area (Å²) in [6.07, 6.45) is 8.74. The van der Waals surface area contributed by atoms with Crippen molar-refractivity contribution in [3.8, 4) is 0 Å². The highest BCUT2D eigenvalue weighted by molar-refractivity contribution is 8.02. The maximum Gasteiger partial charge on any atom is 0.311 e. The normalized spacial score (nSPS) is 30.9. The van der Waals surface area contributed by atoms with E-state index in [0.717, 1.165) is 38.5 Å². The second-order valence-corrected chi connectivity index (χ2v) is 13.4. The molecule has 1 spiro atoms. The van der Waals surface area contributed by atoms with Crippen molar-refractivity contribution in [2.75, 3.05) is 26.3 Å². The third-order valence-corrected chi connectivity index (χ3v) is 10.0. The van der Waals surface area contributed by atoms with Gasteiger partial charge in [0.25, 0.3) is 0 Å². The lowest BCUT2D eigenvalue weighted by Crippen LogP contribution is -2.58. The molecular weight excluding hydrogens is 476 g/mol. The molecule has 2 unspecified atom stereocenters. The number of ether oxygens (including phenoxy) is 1. The number of hydrogen-bond donors (Lipinski definition) is 1. The maximum absolute atomic E-state index is 14.3. The Labute approximate surface area is 220 Å². The number of amides is 2. The highest BCUT2D eigenvalue weighted by Gasteiger charge is 2.77. The molecule has 0 saturated carbocycles. The fraction of sp³-hybridized carbons (Fsp3) is 0.750. The minimum atomic E-state index is -0.638.